The number of benzene rings is 3. The number of nitrogens with two attached hydrogens (primary N) is 1. The molecule has 3 aromatic rings. The fourth-order valence-corrected chi connectivity index (χ4v) is 5.92. The number of carbonyl (C=O) groups is 2. The molecule has 44 heavy (non-hydrogen) atoms. The van der Waals surface area contributed by atoms with Gasteiger partial charge in [0.15, 0.2) is 6.73 Å². The molecule has 230 valence electrons. The van der Waals surface area contributed by atoms with Gasteiger partial charge in [0.05, 0.1) is 59.3 Å². The number of nitrogens with zero attached hydrogens (tertiary/aromatic N) is 3. The number of esters is 1. The second-order valence-electron chi connectivity index (χ2n) is 10.8. The van der Waals surface area contributed by atoms with Crippen LogP contribution in [-0.4, -0.2) is 69.7 Å². The molecule has 0 radical (unpaired) electrons. The molecule has 2 aliphatic heterocycles. The largest absolute Gasteiger partial charge is 0.472 e. The number of rotatable bonds is 7. The standard InChI is InChI=1S/C32H31Cl2FN4O5/c1-32(15-43-16-32)38(3)27-11-22(26(35)10-23(27)31(41)42-4)21-7-5-6-18-14-39(17-44-29(18)21)30(40)28-24(33)8-19(9-25(28)34)20(12-36)13-37-2/h5-13H,14-17,36H2,1-4H3. The van der Waals surface area contributed by atoms with Gasteiger partial charge in [0.25, 0.3) is 5.91 Å². The van der Waals surface area contributed by atoms with Crippen LogP contribution in [0.15, 0.2) is 53.7 Å². The molecule has 5 rings (SSSR count). The Morgan fingerprint density at radius 3 is 2.45 bits per heavy atom. The lowest BCUT2D eigenvalue weighted by Gasteiger charge is -2.47. The SMILES string of the molecule is CN=CC(=CN)c1cc(Cl)c(C(=O)N2COc3c(cccc3-c3cc(N(C)C4(C)COC4)c(C(=O)OC)cc3F)C2)c(Cl)c1. The Labute approximate surface area is 264 Å². The van der Waals surface area contributed by atoms with E-state index >= 15 is 4.39 Å². The van der Waals surface area contributed by atoms with Gasteiger partial charge in [-0.25, -0.2) is 9.18 Å². The molecule has 0 spiro atoms. The Bertz CT molecular complexity index is 1680. The molecule has 2 N–H and O–H groups in total. The lowest BCUT2D eigenvalue weighted by atomic mass is 9.93. The molecule has 0 bridgehead atoms. The maximum Gasteiger partial charge on any atom is 0.340 e. The van der Waals surface area contributed by atoms with Crippen molar-refractivity contribution in [1.29, 1.82) is 0 Å². The third kappa shape index (κ3) is 5.60. The van der Waals surface area contributed by atoms with Crippen LogP contribution in [0.4, 0.5) is 10.1 Å². The van der Waals surface area contributed by atoms with Gasteiger partial charge < -0.3 is 29.7 Å². The minimum absolute atomic E-state index is 0.0997. The van der Waals surface area contributed by atoms with E-state index in [2.05, 4.69) is 4.99 Å². The number of amides is 1. The van der Waals surface area contributed by atoms with Crippen LogP contribution in [0.1, 0.15) is 38.8 Å². The second-order valence-corrected chi connectivity index (χ2v) is 11.6. The zero-order chi connectivity index (χ0) is 31.8. The molecule has 1 saturated heterocycles. The highest BCUT2D eigenvalue weighted by Crippen LogP contribution is 2.42. The van der Waals surface area contributed by atoms with Crippen molar-refractivity contribution >= 4 is 52.6 Å². The zero-order valence-corrected chi connectivity index (χ0v) is 26.1. The smallest absolute Gasteiger partial charge is 0.340 e. The molecule has 0 atom stereocenters. The van der Waals surface area contributed by atoms with E-state index < -0.39 is 17.7 Å². The number of anilines is 1. The molecule has 3 aromatic carbocycles. The highest BCUT2D eigenvalue weighted by Gasteiger charge is 2.39. The molecule has 1 fully saturated rings. The summed E-state index contributed by atoms with van der Waals surface area (Å²) in [7, 11) is 4.70. The number of para-hydroxylation sites is 1. The molecule has 9 nitrogen and oxygen atoms in total. The fraction of sp³-hybridized carbons (Fsp3) is 0.281. The highest BCUT2D eigenvalue weighted by atomic mass is 35.5. The van der Waals surface area contributed by atoms with Crippen LogP contribution >= 0.6 is 23.2 Å². The van der Waals surface area contributed by atoms with Crippen molar-refractivity contribution in [2.45, 2.75) is 19.0 Å². The van der Waals surface area contributed by atoms with Crippen LogP contribution in [0.5, 0.6) is 5.75 Å². The van der Waals surface area contributed by atoms with Crippen molar-refractivity contribution in [2.24, 2.45) is 10.7 Å². The number of allylic oxidation sites excluding steroid dienone is 1. The lowest BCUT2D eigenvalue weighted by Crippen LogP contribution is -2.59. The van der Waals surface area contributed by atoms with E-state index in [0.29, 0.717) is 46.9 Å². The third-order valence-corrected chi connectivity index (χ3v) is 8.52. The van der Waals surface area contributed by atoms with E-state index in [-0.39, 0.29) is 45.6 Å². The summed E-state index contributed by atoms with van der Waals surface area (Å²) in [6.07, 6.45) is 2.93. The van der Waals surface area contributed by atoms with E-state index in [9.17, 15) is 9.59 Å². The Morgan fingerprint density at radius 2 is 1.86 bits per heavy atom. The minimum Gasteiger partial charge on any atom is -0.472 e. The summed E-state index contributed by atoms with van der Waals surface area (Å²) in [5.41, 5.74) is 8.62. The van der Waals surface area contributed by atoms with E-state index in [1.807, 2.05) is 18.9 Å². The monoisotopic (exact) mass is 640 g/mol. The van der Waals surface area contributed by atoms with Crippen molar-refractivity contribution in [3.8, 4) is 16.9 Å². The van der Waals surface area contributed by atoms with E-state index in [0.717, 1.165) is 0 Å². The van der Waals surface area contributed by atoms with Crippen molar-refractivity contribution < 1.29 is 28.2 Å². The summed E-state index contributed by atoms with van der Waals surface area (Å²) < 4.78 is 32.1. The predicted molar refractivity (Wildman–Crippen MR) is 169 cm³/mol. The van der Waals surface area contributed by atoms with Crippen LogP contribution in [0.3, 0.4) is 0 Å². The summed E-state index contributed by atoms with van der Waals surface area (Å²) in [4.78, 5) is 33.6. The quantitative estimate of drug-likeness (QED) is 0.257. The summed E-state index contributed by atoms with van der Waals surface area (Å²) >= 11 is 13.1. The van der Waals surface area contributed by atoms with Crippen molar-refractivity contribution in [1.82, 2.24) is 4.90 Å². The molecule has 0 aliphatic carbocycles. The van der Waals surface area contributed by atoms with Crippen molar-refractivity contribution in [3.63, 3.8) is 0 Å². The van der Waals surface area contributed by atoms with Crippen LogP contribution < -0.4 is 15.4 Å². The van der Waals surface area contributed by atoms with E-state index in [4.69, 9.17) is 43.1 Å². The van der Waals surface area contributed by atoms with Gasteiger partial charge >= 0.3 is 5.97 Å². The first-order chi connectivity index (χ1) is 21.0. The Kier molecular flexibility index (Phi) is 8.88. The van der Waals surface area contributed by atoms with Crippen LogP contribution in [-0.2, 0) is 16.0 Å². The van der Waals surface area contributed by atoms with Gasteiger partial charge in [0.1, 0.15) is 11.6 Å². The fourth-order valence-electron chi connectivity index (χ4n) is 5.27. The molecular formula is C32H31Cl2FN4O5. The third-order valence-electron chi connectivity index (χ3n) is 7.92. The van der Waals surface area contributed by atoms with Crippen LogP contribution in [0, 0.1) is 5.82 Å². The molecule has 2 aliphatic rings. The summed E-state index contributed by atoms with van der Waals surface area (Å²) in [5.74, 6) is -1.28. The van der Waals surface area contributed by atoms with Crippen LogP contribution in [0.25, 0.3) is 16.7 Å². The summed E-state index contributed by atoms with van der Waals surface area (Å²) in [6, 6.07) is 11.3. The van der Waals surface area contributed by atoms with Gasteiger partial charge in [0, 0.05) is 48.8 Å². The minimum atomic E-state index is -0.652. The highest BCUT2D eigenvalue weighted by molar-refractivity contribution is 6.40. The molecule has 1 amide bonds. The number of hydrogen-bond donors (Lipinski definition) is 1. The van der Waals surface area contributed by atoms with Crippen molar-refractivity contribution in [2.75, 3.05) is 46.0 Å². The molecule has 2 heterocycles. The Morgan fingerprint density at radius 1 is 1.16 bits per heavy atom. The number of halogens is 3. The molecular weight excluding hydrogens is 610 g/mol. The van der Waals surface area contributed by atoms with E-state index in [1.54, 1.807) is 49.7 Å². The lowest BCUT2D eigenvalue weighted by molar-refractivity contribution is -0.0455. The summed E-state index contributed by atoms with van der Waals surface area (Å²) in [5, 5.41) is 0.298. The first-order valence-corrected chi connectivity index (χ1v) is 14.4. The van der Waals surface area contributed by atoms with Gasteiger partial charge in [-0.05, 0) is 36.8 Å². The number of aliphatic imine (C=N–C) groups is 1. The maximum absolute atomic E-state index is 15.7. The molecule has 0 aromatic heterocycles. The number of ether oxygens (including phenoxy) is 3. The zero-order valence-electron chi connectivity index (χ0n) is 24.6. The van der Waals surface area contributed by atoms with Crippen LogP contribution in [0.2, 0.25) is 10.0 Å². The number of methoxy groups -OCH3 is 1. The van der Waals surface area contributed by atoms with E-state index in [1.165, 1.54) is 24.3 Å². The topological polar surface area (TPSA) is 107 Å². The van der Waals surface area contributed by atoms with Gasteiger partial charge in [-0.15, -0.1) is 0 Å². The molecule has 0 saturated carbocycles. The van der Waals surface area contributed by atoms with Gasteiger partial charge in [0.2, 0.25) is 0 Å². The first kappa shape index (κ1) is 31.3. The molecule has 0 unspecified atom stereocenters. The predicted octanol–water partition coefficient (Wildman–Crippen LogP) is 5.80. The van der Waals surface area contributed by atoms with Gasteiger partial charge in [-0.2, -0.15) is 0 Å². The normalized spacial score (nSPS) is 15.8. The number of likely N-dealkylation sites (N-methyl/N-ethyl adjacent to an activating group) is 1. The van der Waals surface area contributed by atoms with Gasteiger partial charge in [-0.3, -0.25) is 9.79 Å². The maximum atomic E-state index is 15.7. The Balaban J connectivity index is 1.49. The first-order valence-electron chi connectivity index (χ1n) is 13.6. The summed E-state index contributed by atoms with van der Waals surface area (Å²) in [6.45, 7) is 2.95. The molecule has 12 heteroatoms. The average Bonchev–Trinajstić information content (AvgIpc) is 3.00. The second kappa shape index (κ2) is 12.5. The average molecular weight is 642 g/mol. The van der Waals surface area contributed by atoms with Crippen molar-refractivity contribution in [3.05, 3.63) is 86.8 Å². The van der Waals surface area contributed by atoms with Gasteiger partial charge in [-0.1, -0.05) is 41.4 Å². The number of hydrogen-bond acceptors (Lipinski definition) is 8. The Hall–Kier alpha value is -4.12. The number of fused-ring (bicyclic) bond motifs is 1. The number of carbonyl (C=O) groups excluding carboxylic acids is 2.